The van der Waals surface area contributed by atoms with Gasteiger partial charge in [0.05, 0.1) is 22.5 Å². The van der Waals surface area contributed by atoms with Crippen molar-refractivity contribution in [3.05, 3.63) is 54.8 Å². The fraction of sp³-hybridized carbons (Fsp3) is 0.222. The van der Waals surface area contributed by atoms with Crippen molar-refractivity contribution in [1.29, 1.82) is 0 Å². The molecule has 1 aliphatic rings. The maximum atomic E-state index is 12.6. The van der Waals surface area contributed by atoms with E-state index in [1.165, 1.54) is 0 Å². The quantitative estimate of drug-likeness (QED) is 0.751. The zero-order chi connectivity index (χ0) is 17.3. The highest BCUT2D eigenvalue weighted by molar-refractivity contribution is 7.92. The minimum Gasteiger partial charge on any atom is -0.462 e. The van der Waals surface area contributed by atoms with Crippen LogP contribution >= 0.6 is 0 Å². The van der Waals surface area contributed by atoms with Crippen LogP contribution in [0.25, 0.3) is 11.0 Å². The topological polar surface area (TPSA) is 74.6 Å². The lowest BCUT2D eigenvalue weighted by Crippen LogP contribution is -2.43. The van der Waals surface area contributed by atoms with Crippen molar-refractivity contribution < 1.29 is 12.8 Å². The van der Waals surface area contributed by atoms with Crippen LogP contribution in [0.2, 0.25) is 0 Å². The van der Waals surface area contributed by atoms with Crippen molar-refractivity contribution in [2.24, 2.45) is 0 Å². The van der Waals surface area contributed by atoms with Gasteiger partial charge in [-0.05, 0) is 30.3 Å². The molecule has 4 rings (SSSR count). The van der Waals surface area contributed by atoms with Gasteiger partial charge in [-0.25, -0.2) is 8.42 Å². The average molecular weight is 357 g/mol. The normalized spacial score (nSPS) is 15.4. The van der Waals surface area contributed by atoms with Gasteiger partial charge < -0.3 is 14.6 Å². The second-order valence-corrected chi connectivity index (χ2v) is 7.67. The Labute approximate surface area is 146 Å². The molecule has 1 aromatic heterocycles. The van der Waals surface area contributed by atoms with E-state index in [2.05, 4.69) is 14.9 Å². The summed E-state index contributed by atoms with van der Waals surface area (Å²) >= 11 is 0. The standard InChI is InChI=1S/C18H19N3O3S/c22-25(23,16-4-2-1-3-5-16)20-15-12-14-6-11-24-18(14)17(13-15)21-9-7-19-8-10-21/h1-6,11-13,19-20H,7-10H2. The molecular weight excluding hydrogens is 338 g/mol. The molecule has 2 aromatic carbocycles. The van der Waals surface area contributed by atoms with Crippen molar-refractivity contribution in [3.63, 3.8) is 0 Å². The van der Waals surface area contributed by atoms with E-state index >= 15 is 0 Å². The zero-order valence-corrected chi connectivity index (χ0v) is 14.4. The van der Waals surface area contributed by atoms with Crippen molar-refractivity contribution >= 4 is 32.4 Å². The van der Waals surface area contributed by atoms with Crippen LogP contribution in [0.3, 0.4) is 0 Å². The van der Waals surface area contributed by atoms with Crippen LogP contribution in [0.15, 0.2) is 64.1 Å². The molecule has 2 N–H and O–H groups in total. The van der Waals surface area contributed by atoms with E-state index in [1.54, 1.807) is 42.7 Å². The Balaban J connectivity index is 1.73. The molecule has 0 bridgehead atoms. The predicted octanol–water partition coefficient (Wildman–Crippen LogP) is 2.64. The number of nitrogens with zero attached hydrogens (tertiary/aromatic N) is 1. The van der Waals surface area contributed by atoms with Crippen LogP contribution in [0, 0.1) is 0 Å². The van der Waals surface area contributed by atoms with E-state index in [9.17, 15) is 8.42 Å². The van der Waals surface area contributed by atoms with Gasteiger partial charge in [0.1, 0.15) is 0 Å². The molecule has 0 atom stereocenters. The molecule has 6 nitrogen and oxygen atoms in total. The summed E-state index contributed by atoms with van der Waals surface area (Å²) in [4.78, 5) is 2.45. The van der Waals surface area contributed by atoms with E-state index in [-0.39, 0.29) is 4.90 Å². The smallest absolute Gasteiger partial charge is 0.261 e. The van der Waals surface area contributed by atoms with Gasteiger partial charge >= 0.3 is 0 Å². The summed E-state index contributed by atoms with van der Waals surface area (Å²) < 4.78 is 33.5. The average Bonchev–Trinajstić information content (AvgIpc) is 3.11. The van der Waals surface area contributed by atoms with Crippen LogP contribution in [-0.2, 0) is 10.0 Å². The van der Waals surface area contributed by atoms with Gasteiger partial charge in [-0.1, -0.05) is 18.2 Å². The fourth-order valence-corrected chi connectivity index (χ4v) is 4.14. The van der Waals surface area contributed by atoms with Gasteiger partial charge in [-0.2, -0.15) is 0 Å². The molecule has 0 unspecified atom stereocenters. The number of furan rings is 1. The van der Waals surface area contributed by atoms with Crippen LogP contribution in [0.4, 0.5) is 11.4 Å². The van der Waals surface area contributed by atoms with Gasteiger partial charge in [0.2, 0.25) is 0 Å². The first-order valence-electron chi connectivity index (χ1n) is 8.18. The Hall–Kier alpha value is -2.51. The Morgan fingerprint density at radius 2 is 1.80 bits per heavy atom. The molecule has 2 heterocycles. The molecule has 0 radical (unpaired) electrons. The highest BCUT2D eigenvalue weighted by atomic mass is 32.2. The first-order chi connectivity index (χ1) is 12.1. The third-order valence-electron chi connectivity index (χ3n) is 4.29. The Morgan fingerprint density at radius 1 is 1.04 bits per heavy atom. The van der Waals surface area contributed by atoms with Gasteiger partial charge in [-0.3, -0.25) is 4.72 Å². The van der Waals surface area contributed by atoms with Crippen molar-refractivity contribution in [2.45, 2.75) is 4.90 Å². The SMILES string of the molecule is O=S(=O)(Nc1cc(N2CCNCC2)c2occc2c1)c1ccccc1. The highest BCUT2D eigenvalue weighted by Crippen LogP contribution is 2.33. The second kappa shape index (κ2) is 6.42. The molecular formula is C18H19N3O3S. The molecule has 0 saturated carbocycles. The number of piperazine rings is 1. The van der Waals surface area contributed by atoms with Gasteiger partial charge in [0, 0.05) is 31.6 Å². The van der Waals surface area contributed by atoms with Crippen molar-refractivity contribution in [2.75, 3.05) is 35.8 Å². The van der Waals surface area contributed by atoms with Crippen LogP contribution in [0.5, 0.6) is 0 Å². The van der Waals surface area contributed by atoms with Crippen LogP contribution in [0.1, 0.15) is 0 Å². The summed E-state index contributed by atoms with van der Waals surface area (Å²) in [6.45, 7) is 3.49. The summed E-state index contributed by atoms with van der Waals surface area (Å²) in [5.74, 6) is 0. The number of rotatable bonds is 4. The second-order valence-electron chi connectivity index (χ2n) is 5.99. The number of nitrogens with one attached hydrogen (secondary N) is 2. The minimum atomic E-state index is -3.62. The predicted molar refractivity (Wildman–Crippen MR) is 98.5 cm³/mol. The summed E-state index contributed by atoms with van der Waals surface area (Å²) in [6, 6.07) is 13.9. The third kappa shape index (κ3) is 3.20. The van der Waals surface area contributed by atoms with E-state index in [1.807, 2.05) is 12.1 Å². The zero-order valence-electron chi connectivity index (χ0n) is 13.6. The Kier molecular flexibility index (Phi) is 4.10. The number of hydrogen-bond donors (Lipinski definition) is 2. The largest absolute Gasteiger partial charge is 0.462 e. The van der Waals surface area contributed by atoms with Crippen LogP contribution in [-0.4, -0.2) is 34.6 Å². The number of anilines is 2. The molecule has 3 aromatic rings. The van der Waals surface area contributed by atoms with E-state index in [0.717, 1.165) is 42.8 Å². The first kappa shape index (κ1) is 16.0. The lowest BCUT2D eigenvalue weighted by Gasteiger charge is -2.29. The molecule has 1 saturated heterocycles. The van der Waals surface area contributed by atoms with Gasteiger partial charge in [-0.15, -0.1) is 0 Å². The maximum absolute atomic E-state index is 12.6. The van der Waals surface area contributed by atoms with E-state index in [4.69, 9.17) is 4.42 Å². The maximum Gasteiger partial charge on any atom is 0.261 e. The minimum absolute atomic E-state index is 0.242. The first-order valence-corrected chi connectivity index (χ1v) is 9.67. The molecule has 0 spiro atoms. The van der Waals surface area contributed by atoms with Gasteiger partial charge in [0.25, 0.3) is 10.0 Å². The molecule has 130 valence electrons. The Morgan fingerprint density at radius 3 is 2.56 bits per heavy atom. The number of hydrogen-bond acceptors (Lipinski definition) is 5. The molecule has 7 heteroatoms. The van der Waals surface area contributed by atoms with Crippen molar-refractivity contribution in [3.8, 4) is 0 Å². The number of benzene rings is 2. The monoisotopic (exact) mass is 357 g/mol. The third-order valence-corrected chi connectivity index (χ3v) is 5.69. The van der Waals surface area contributed by atoms with Gasteiger partial charge in [0.15, 0.2) is 5.58 Å². The van der Waals surface area contributed by atoms with E-state index < -0.39 is 10.0 Å². The summed E-state index contributed by atoms with van der Waals surface area (Å²) in [6.07, 6.45) is 1.63. The van der Waals surface area contributed by atoms with E-state index in [0.29, 0.717) is 5.69 Å². The number of sulfonamides is 1. The molecule has 1 fully saturated rings. The molecule has 0 amide bonds. The molecule has 0 aliphatic carbocycles. The lowest BCUT2D eigenvalue weighted by molar-refractivity contribution is 0.579. The number of fused-ring (bicyclic) bond motifs is 1. The van der Waals surface area contributed by atoms with Crippen molar-refractivity contribution in [1.82, 2.24) is 5.32 Å². The lowest BCUT2D eigenvalue weighted by atomic mass is 10.2. The summed E-state index contributed by atoms with van der Waals surface area (Å²) in [5, 5.41) is 4.19. The summed E-state index contributed by atoms with van der Waals surface area (Å²) in [7, 11) is -3.62. The molecule has 1 aliphatic heterocycles. The molecule has 25 heavy (non-hydrogen) atoms. The fourth-order valence-electron chi connectivity index (χ4n) is 3.08. The highest BCUT2D eigenvalue weighted by Gasteiger charge is 2.19. The summed E-state index contributed by atoms with van der Waals surface area (Å²) in [5.41, 5.74) is 2.23. The van der Waals surface area contributed by atoms with Crippen LogP contribution < -0.4 is 14.9 Å². The Bertz CT molecular complexity index is 977.